The van der Waals surface area contributed by atoms with Crippen LogP contribution in [0.5, 0.6) is 11.5 Å². The number of anilines is 2. The molecule has 8 heteroatoms. The Hall–Kier alpha value is -3.84. The molecule has 188 valence electrons. The molecular weight excluding hydrogens is 480 g/mol. The van der Waals surface area contributed by atoms with Crippen LogP contribution in [0.1, 0.15) is 36.0 Å². The lowest BCUT2D eigenvalue weighted by Gasteiger charge is -2.10. The third-order valence-corrected chi connectivity index (χ3v) is 5.43. The van der Waals surface area contributed by atoms with Gasteiger partial charge in [-0.3, -0.25) is 14.4 Å². The molecular formula is C28H29ClN2O5. The monoisotopic (exact) mass is 508 g/mol. The summed E-state index contributed by atoms with van der Waals surface area (Å²) in [5.41, 5.74) is 4.27. The molecule has 3 rings (SSSR count). The highest BCUT2D eigenvalue weighted by Gasteiger charge is 2.11. The number of carbonyl (C=O) groups is 3. The smallest absolute Gasteiger partial charge is 0.306 e. The molecule has 36 heavy (non-hydrogen) atoms. The molecule has 0 radical (unpaired) electrons. The normalized spacial score (nSPS) is 10.4. The fourth-order valence-electron chi connectivity index (χ4n) is 3.48. The second kappa shape index (κ2) is 12.7. The van der Waals surface area contributed by atoms with Crippen molar-refractivity contribution in [2.45, 2.75) is 40.0 Å². The van der Waals surface area contributed by atoms with Crippen LogP contribution in [0.15, 0.2) is 60.7 Å². The molecule has 2 N–H and O–H groups in total. The predicted molar refractivity (Wildman–Crippen MR) is 141 cm³/mol. The van der Waals surface area contributed by atoms with E-state index in [0.29, 0.717) is 28.6 Å². The number of nitrogens with one attached hydrogen (secondary N) is 2. The minimum absolute atomic E-state index is 0.0274. The van der Waals surface area contributed by atoms with E-state index in [1.165, 1.54) is 0 Å². The molecule has 0 saturated heterocycles. The lowest BCUT2D eigenvalue weighted by Crippen LogP contribution is -2.21. The Kier molecular flexibility index (Phi) is 9.47. The van der Waals surface area contributed by atoms with Crippen molar-refractivity contribution < 1.29 is 23.9 Å². The predicted octanol–water partition coefficient (Wildman–Crippen LogP) is 6.35. The first-order valence-corrected chi connectivity index (χ1v) is 11.9. The lowest BCUT2D eigenvalue weighted by atomic mass is 10.1. The van der Waals surface area contributed by atoms with Gasteiger partial charge < -0.3 is 20.1 Å². The van der Waals surface area contributed by atoms with E-state index < -0.39 is 18.5 Å². The summed E-state index contributed by atoms with van der Waals surface area (Å²) in [4.78, 5) is 36.1. The second-order valence-electron chi connectivity index (χ2n) is 8.52. The maximum atomic E-state index is 12.2. The van der Waals surface area contributed by atoms with Gasteiger partial charge in [-0.05, 0) is 92.4 Å². The maximum absolute atomic E-state index is 12.2. The Morgan fingerprint density at radius 2 is 1.47 bits per heavy atom. The fourth-order valence-corrected chi connectivity index (χ4v) is 3.66. The average Bonchev–Trinajstić information content (AvgIpc) is 2.81. The van der Waals surface area contributed by atoms with Crippen LogP contribution in [0, 0.1) is 20.8 Å². The van der Waals surface area contributed by atoms with E-state index in [0.717, 1.165) is 22.4 Å². The summed E-state index contributed by atoms with van der Waals surface area (Å²) < 4.78 is 10.9. The van der Waals surface area contributed by atoms with E-state index in [9.17, 15) is 14.4 Å². The minimum Gasteiger partial charge on any atom is -0.457 e. The van der Waals surface area contributed by atoms with Gasteiger partial charge in [0.25, 0.3) is 5.91 Å². The zero-order valence-corrected chi connectivity index (χ0v) is 21.3. The standard InChI is InChI=1S/C28H29ClN2O5/c1-18-13-19(2)15-24(14-18)36-23-11-9-22(10-12-23)30-26(32)5-4-6-28(34)35-17-27(33)31-25-16-21(29)8-7-20(25)3/h7-16H,4-6,17H2,1-3H3,(H,30,32)(H,31,33). The highest BCUT2D eigenvalue weighted by Crippen LogP contribution is 2.25. The van der Waals surface area contributed by atoms with Crippen LogP contribution in [0.4, 0.5) is 11.4 Å². The topological polar surface area (TPSA) is 93.7 Å². The van der Waals surface area contributed by atoms with Crippen molar-refractivity contribution in [2.24, 2.45) is 0 Å². The molecule has 2 amide bonds. The van der Waals surface area contributed by atoms with E-state index >= 15 is 0 Å². The third kappa shape index (κ3) is 8.74. The Labute approximate surface area is 215 Å². The molecule has 0 spiro atoms. The number of halogens is 1. The van der Waals surface area contributed by atoms with Gasteiger partial charge in [0.2, 0.25) is 5.91 Å². The molecule has 0 saturated carbocycles. The summed E-state index contributed by atoms with van der Waals surface area (Å²) in [6.45, 7) is 5.45. The van der Waals surface area contributed by atoms with E-state index in [-0.39, 0.29) is 18.7 Å². The summed E-state index contributed by atoms with van der Waals surface area (Å²) in [5, 5.41) is 5.94. The van der Waals surface area contributed by atoms with E-state index in [1.807, 2.05) is 32.9 Å². The van der Waals surface area contributed by atoms with Crippen LogP contribution < -0.4 is 15.4 Å². The highest BCUT2D eigenvalue weighted by atomic mass is 35.5. The molecule has 0 aliphatic rings. The number of aryl methyl sites for hydroxylation is 3. The van der Waals surface area contributed by atoms with Gasteiger partial charge >= 0.3 is 5.97 Å². The van der Waals surface area contributed by atoms with Crippen LogP contribution in [-0.4, -0.2) is 24.4 Å². The number of amides is 2. The number of hydrogen-bond donors (Lipinski definition) is 2. The summed E-state index contributed by atoms with van der Waals surface area (Å²) >= 11 is 5.93. The Bertz CT molecular complexity index is 1220. The molecule has 0 unspecified atom stereocenters. The van der Waals surface area contributed by atoms with Crippen molar-refractivity contribution in [1.29, 1.82) is 0 Å². The second-order valence-corrected chi connectivity index (χ2v) is 8.96. The van der Waals surface area contributed by atoms with Crippen LogP contribution >= 0.6 is 11.6 Å². The van der Waals surface area contributed by atoms with Gasteiger partial charge in [-0.15, -0.1) is 0 Å². The highest BCUT2D eigenvalue weighted by molar-refractivity contribution is 6.31. The van der Waals surface area contributed by atoms with Crippen molar-refractivity contribution >= 4 is 40.8 Å². The zero-order chi connectivity index (χ0) is 26.1. The first-order chi connectivity index (χ1) is 17.2. The first kappa shape index (κ1) is 26.8. The molecule has 0 atom stereocenters. The summed E-state index contributed by atoms with van der Waals surface area (Å²) in [5.74, 6) is 0.188. The van der Waals surface area contributed by atoms with Crippen molar-refractivity contribution in [3.63, 3.8) is 0 Å². The van der Waals surface area contributed by atoms with Gasteiger partial charge in [0.05, 0.1) is 0 Å². The molecule has 3 aromatic carbocycles. The largest absolute Gasteiger partial charge is 0.457 e. The number of ether oxygens (including phenoxy) is 2. The van der Waals surface area contributed by atoms with E-state index in [1.54, 1.807) is 42.5 Å². The quantitative estimate of drug-likeness (QED) is 0.311. The summed E-state index contributed by atoms with van der Waals surface area (Å²) in [7, 11) is 0. The number of rotatable bonds is 10. The lowest BCUT2D eigenvalue weighted by molar-refractivity contribution is -0.147. The van der Waals surface area contributed by atoms with Crippen molar-refractivity contribution in [1.82, 2.24) is 0 Å². The summed E-state index contributed by atoms with van der Waals surface area (Å²) in [6, 6.07) is 18.2. The van der Waals surface area contributed by atoms with Crippen molar-refractivity contribution in [3.05, 3.63) is 82.4 Å². The fraction of sp³-hybridized carbons (Fsp3) is 0.250. The van der Waals surface area contributed by atoms with Crippen LogP contribution in [0.25, 0.3) is 0 Å². The van der Waals surface area contributed by atoms with Gasteiger partial charge in [-0.2, -0.15) is 0 Å². The average molecular weight is 509 g/mol. The Morgan fingerprint density at radius 3 is 2.17 bits per heavy atom. The van der Waals surface area contributed by atoms with Crippen LogP contribution in [-0.2, 0) is 19.1 Å². The van der Waals surface area contributed by atoms with Crippen LogP contribution in [0.2, 0.25) is 5.02 Å². The van der Waals surface area contributed by atoms with Crippen LogP contribution in [0.3, 0.4) is 0 Å². The van der Waals surface area contributed by atoms with Gasteiger partial charge in [-0.1, -0.05) is 23.7 Å². The Morgan fingerprint density at radius 1 is 0.778 bits per heavy atom. The maximum Gasteiger partial charge on any atom is 0.306 e. The minimum atomic E-state index is -0.548. The number of esters is 1. The number of benzene rings is 3. The van der Waals surface area contributed by atoms with Crippen molar-refractivity contribution in [3.8, 4) is 11.5 Å². The summed E-state index contributed by atoms with van der Waals surface area (Å²) in [6.07, 6.45) is 0.469. The number of hydrogen-bond acceptors (Lipinski definition) is 5. The van der Waals surface area contributed by atoms with Gasteiger partial charge in [0, 0.05) is 29.2 Å². The van der Waals surface area contributed by atoms with Gasteiger partial charge in [-0.25, -0.2) is 0 Å². The zero-order valence-electron chi connectivity index (χ0n) is 20.5. The molecule has 0 fully saturated rings. The molecule has 0 bridgehead atoms. The SMILES string of the molecule is Cc1cc(C)cc(Oc2ccc(NC(=O)CCCC(=O)OCC(=O)Nc3cc(Cl)ccc3C)cc2)c1. The van der Waals surface area contributed by atoms with E-state index in [4.69, 9.17) is 21.1 Å². The van der Waals surface area contributed by atoms with Crippen molar-refractivity contribution in [2.75, 3.05) is 17.2 Å². The van der Waals surface area contributed by atoms with Gasteiger partial charge in [0.15, 0.2) is 6.61 Å². The van der Waals surface area contributed by atoms with Gasteiger partial charge in [0.1, 0.15) is 11.5 Å². The molecule has 0 aliphatic carbocycles. The molecule has 7 nitrogen and oxygen atoms in total. The molecule has 0 heterocycles. The molecule has 0 aromatic heterocycles. The Balaban J connectivity index is 1.35. The molecule has 0 aliphatic heterocycles. The molecule has 3 aromatic rings. The first-order valence-electron chi connectivity index (χ1n) is 11.6. The third-order valence-electron chi connectivity index (χ3n) is 5.19. The van der Waals surface area contributed by atoms with E-state index in [2.05, 4.69) is 16.7 Å². The number of carbonyl (C=O) groups excluding carboxylic acids is 3.